The summed E-state index contributed by atoms with van der Waals surface area (Å²) < 4.78 is 16.1. The van der Waals surface area contributed by atoms with Crippen molar-refractivity contribution in [2.24, 2.45) is 7.05 Å². The van der Waals surface area contributed by atoms with E-state index in [1.807, 2.05) is 0 Å². The van der Waals surface area contributed by atoms with Gasteiger partial charge in [0.25, 0.3) is 5.91 Å². The van der Waals surface area contributed by atoms with Crippen LogP contribution in [0.4, 0.5) is 15.8 Å². The lowest BCUT2D eigenvalue weighted by Gasteiger charge is -2.09. The molecule has 21 heavy (non-hydrogen) atoms. The number of anilines is 2. The average molecular weight is 354 g/mol. The van der Waals surface area contributed by atoms with Gasteiger partial charge in [-0.1, -0.05) is 0 Å². The molecule has 0 spiro atoms. The van der Waals surface area contributed by atoms with Gasteiger partial charge in [-0.3, -0.25) is 9.59 Å². The fourth-order valence-electron chi connectivity index (χ4n) is 1.84. The zero-order chi connectivity index (χ0) is 15.6. The number of benzene rings is 1. The van der Waals surface area contributed by atoms with E-state index in [0.717, 1.165) is 4.47 Å². The Bertz CT molecular complexity index is 712. The predicted octanol–water partition coefficient (Wildman–Crippen LogP) is 3.14. The van der Waals surface area contributed by atoms with E-state index in [1.165, 1.54) is 25.1 Å². The number of aryl methyl sites for hydroxylation is 1. The number of halogens is 2. The van der Waals surface area contributed by atoms with Crippen molar-refractivity contribution in [1.29, 1.82) is 0 Å². The molecule has 0 unspecified atom stereocenters. The van der Waals surface area contributed by atoms with Crippen LogP contribution in [0.2, 0.25) is 0 Å². The molecule has 0 saturated heterocycles. The number of hydrogen-bond donors (Lipinski definition) is 2. The molecule has 110 valence electrons. The molecule has 0 fully saturated rings. The summed E-state index contributed by atoms with van der Waals surface area (Å²) in [6.07, 6.45) is 1.72. The van der Waals surface area contributed by atoms with E-state index in [1.54, 1.807) is 23.9 Å². The van der Waals surface area contributed by atoms with E-state index < -0.39 is 11.7 Å². The van der Waals surface area contributed by atoms with Crippen LogP contribution in [-0.2, 0) is 11.8 Å². The van der Waals surface area contributed by atoms with Gasteiger partial charge in [0, 0.05) is 30.3 Å². The third-order valence-electron chi connectivity index (χ3n) is 2.74. The molecule has 0 aliphatic rings. The van der Waals surface area contributed by atoms with Gasteiger partial charge < -0.3 is 15.2 Å². The SMILES string of the molecule is CC(=O)Nc1ccc(F)c(NC(=O)c2cc(Br)cn2C)c1. The van der Waals surface area contributed by atoms with Gasteiger partial charge in [-0.05, 0) is 40.2 Å². The van der Waals surface area contributed by atoms with Crippen LogP contribution >= 0.6 is 15.9 Å². The van der Waals surface area contributed by atoms with Crippen LogP contribution in [0.25, 0.3) is 0 Å². The molecule has 0 atom stereocenters. The zero-order valence-electron chi connectivity index (χ0n) is 11.4. The second-order valence-corrected chi connectivity index (χ2v) is 5.40. The van der Waals surface area contributed by atoms with Gasteiger partial charge in [-0.15, -0.1) is 0 Å². The van der Waals surface area contributed by atoms with Crippen molar-refractivity contribution in [3.63, 3.8) is 0 Å². The summed E-state index contributed by atoms with van der Waals surface area (Å²) in [4.78, 5) is 23.1. The standard InChI is InChI=1S/C14H13BrFN3O2/c1-8(20)17-10-3-4-11(16)12(6-10)18-14(21)13-5-9(15)7-19(13)2/h3-7H,1-2H3,(H,17,20)(H,18,21). The average Bonchev–Trinajstić information content (AvgIpc) is 2.72. The van der Waals surface area contributed by atoms with Crippen molar-refractivity contribution >= 4 is 39.1 Å². The molecular weight excluding hydrogens is 341 g/mol. The summed E-state index contributed by atoms with van der Waals surface area (Å²) in [5.74, 6) is -1.29. The van der Waals surface area contributed by atoms with Crippen LogP contribution < -0.4 is 10.6 Å². The Hall–Kier alpha value is -2.15. The van der Waals surface area contributed by atoms with Gasteiger partial charge in [0.05, 0.1) is 5.69 Å². The summed E-state index contributed by atoms with van der Waals surface area (Å²) in [7, 11) is 1.71. The minimum Gasteiger partial charge on any atom is -0.345 e. The molecule has 2 N–H and O–H groups in total. The number of aromatic nitrogens is 1. The summed E-state index contributed by atoms with van der Waals surface area (Å²) in [5, 5.41) is 5.02. The summed E-state index contributed by atoms with van der Waals surface area (Å²) in [6, 6.07) is 5.60. The topological polar surface area (TPSA) is 63.1 Å². The van der Waals surface area contributed by atoms with E-state index in [4.69, 9.17) is 0 Å². The lowest BCUT2D eigenvalue weighted by Crippen LogP contribution is -2.16. The fourth-order valence-corrected chi connectivity index (χ4v) is 2.36. The minimum absolute atomic E-state index is 0.00331. The normalized spacial score (nSPS) is 10.3. The van der Waals surface area contributed by atoms with Gasteiger partial charge in [0.2, 0.25) is 5.91 Å². The van der Waals surface area contributed by atoms with Crippen molar-refractivity contribution in [2.45, 2.75) is 6.92 Å². The fraction of sp³-hybridized carbons (Fsp3) is 0.143. The molecule has 0 bridgehead atoms. The number of amides is 2. The number of nitrogens with zero attached hydrogens (tertiary/aromatic N) is 1. The van der Waals surface area contributed by atoms with Crippen molar-refractivity contribution in [2.75, 3.05) is 10.6 Å². The van der Waals surface area contributed by atoms with Crippen LogP contribution in [0, 0.1) is 5.82 Å². The van der Waals surface area contributed by atoms with E-state index >= 15 is 0 Å². The molecule has 5 nitrogen and oxygen atoms in total. The van der Waals surface area contributed by atoms with Crippen LogP contribution in [0.3, 0.4) is 0 Å². The molecule has 2 amide bonds. The molecule has 0 aliphatic carbocycles. The molecule has 0 aliphatic heterocycles. The Morgan fingerprint density at radius 3 is 2.52 bits per heavy atom. The van der Waals surface area contributed by atoms with Crippen LogP contribution in [0.15, 0.2) is 34.9 Å². The van der Waals surface area contributed by atoms with Gasteiger partial charge in [0.1, 0.15) is 11.5 Å². The lowest BCUT2D eigenvalue weighted by atomic mass is 10.2. The first kappa shape index (κ1) is 15.2. The molecule has 1 aromatic carbocycles. The smallest absolute Gasteiger partial charge is 0.272 e. The molecule has 1 heterocycles. The minimum atomic E-state index is -0.578. The molecule has 2 aromatic rings. The quantitative estimate of drug-likeness (QED) is 0.890. The van der Waals surface area contributed by atoms with E-state index in [2.05, 4.69) is 26.6 Å². The summed E-state index contributed by atoms with van der Waals surface area (Å²) in [5.41, 5.74) is 0.794. The maximum absolute atomic E-state index is 13.7. The first-order valence-electron chi connectivity index (χ1n) is 6.07. The molecule has 0 radical (unpaired) electrons. The summed E-state index contributed by atoms with van der Waals surface area (Å²) >= 11 is 3.27. The third kappa shape index (κ3) is 3.69. The van der Waals surface area contributed by atoms with Crippen molar-refractivity contribution in [1.82, 2.24) is 4.57 Å². The van der Waals surface area contributed by atoms with Crippen LogP contribution in [-0.4, -0.2) is 16.4 Å². The van der Waals surface area contributed by atoms with Crippen LogP contribution in [0.1, 0.15) is 17.4 Å². The molecule has 2 rings (SSSR count). The monoisotopic (exact) mass is 353 g/mol. The Morgan fingerprint density at radius 1 is 1.24 bits per heavy atom. The van der Waals surface area contributed by atoms with Crippen LogP contribution in [0.5, 0.6) is 0 Å². The van der Waals surface area contributed by atoms with Crippen molar-refractivity contribution in [3.05, 3.63) is 46.4 Å². The zero-order valence-corrected chi connectivity index (χ0v) is 13.0. The first-order valence-corrected chi connectivity index (χ1v) is 6.86. The van der Waals surface area contributed by atoms with Gasteiger partial charge >= 0.3 is 0 Å². The third-order valence-corrected chi connectivity index (χ3v) is 3.17. The predicted molar refractivity (Wildman–Crippen MR) is 81.8 cm³/mol. The highest BCUT2D eigenvalue weighted by atomic mass is 79.9. The highest BCUT2D eigenvalue weighted by molar-refractivity contribution is 9.10. The lowest BCUT2D eigenvalue weighted by molar-refractivity contribution is -0.114. The molecule has 0 saturated carbocycles. The van der Waals surface area contributed by atoms with E-state index in [0.29, 0.717) is 11.4 Å². The Balaban J connectivity index is 2.24. The second-order valence-electron chi connectivity index (χ2n) is 4.48. The highest BCUT2D eigenvalue weighted by Gasteiger charge is 2.14. The molecule has 7 heteroatoms. The number of carbonyl (C=O) groups excluding carboxylic acids is 2. The second kappa shape index (κ2) is 6.09. The number of hydrogen-bond acceptors (Lipinski definition) is 2. The van der Waals surface area contributed by atoms with E-state index in [9.17, 15) is 14.0 Å². The Labute approximate surface area is 129 Å². The highest BCUT2D eigenvalue weighted by Crippen LogP contribution is 2.21. The number of carbonyl (C=O) groups is 2. The van der Waals surface area contributed by atoms with Gasteiger partial charge in [-0.2, -0.15) is 0 Å². The van der Waals surface area contributed by atoms with Gasteiger partial charge in [-0.25, -0.2) is 4.39 Å². The molecule has 1 aromatic heterocycles. The number of rotatable bonds is 3. The molecular formula is C14H13BrFN3O2. The van der Waals surface area contributed by atoms with Crippen molar-refractivity contribution in [3.8, 4) is 0 Å². The number of nitrogens with one attached hydrogen (secondary N) is 2. The van der Waals surface area contributed by atoms with Gasteiger partial charge in [0.15, 0.2) is 0 Å². The Kier molecular flexibility index (Phi) is 4.42. The Morgan fingerprint density at radius 2 is 1.95 bits per heavy atom. The van der Waals surface area contributed by atoms with E-state index in [-0.39, 0.29) is 11.6 Å². The maximum atomic E-state index is 13.7. The van der Waals surface area contributed by atoms with Crippen molar-refractivity contribution < 1.29 is 14.0 Å². The first-order chi connectivity index (χ1) is 9.86. The maximum Gasteiger partial charge on any atom is 0.272 e. The largest absolute Gasteiger partial charge is 0.345 e. The summed E-state index contributed by atoms with van der Waals surface area (Å²) in [6.45, 7) is 1.35.